The fourth-order valence-electron chi connectivity index (χ4n) is 2.96. The highest BCUT2D eigenvalue weighted by Gasteiger charge is 2.28. The molecule has 0 aliphatic carbocycles. The van der Waals surface area contributed by atoms with E-state index in [9.17, 15) is 0 Å². The fraction of sp³-hybridized carbons (Fsp3) is 0.571. The molecule has 0 spiro atoms. The molecule has 2 atom stereocenters. The Morgan fingerprint density at radius 1 is 1.35 bits per heavy atom. The van der Waals surface area contributed by atoms with Crippen molar-refractivity contribution in [3.05, 3.63) is 29.8 Å². The summed E-state index contributed by atoms with van der Waals surface area (Å²) in [4.78, 5) is 2.54. The molecule has 1 fully saturated rings. The van der Waals surface area contributed by atoms with E-state index in [1.807, 2.05) is 6.07 Å². The summed E-state index contributed by atoms with van der Waals surface area (Å²) >= 11 is 0. The third-order valence-electron chi connectivity index (χ3n) is 3.98. The van der Waals surface area contributed by atoms with Gasteiger partial charge >= 0.3 is 0 Å². The zero-order valence-corrected chi connectivity index (χ0v) is 10.1. The maximum absolute atomic E-state index is 5.73. The van der Waals surface area contributed by atoms with Gasteiger partial charge in [0.2, 0.25) is 0 Å². The van der Waals surface area contributed by atoms with Gasteiger partial charge in [0.1, 0.15) is 5.75 Å². The van der Waals surface area contributed by atoms with E-state index in [4.69, 9.17) is 10.5 Å². The molecule has 3 heteroatoms. The number of hydrogen-bond donors (Lipinski definition) is 1. The van der Waals surface area contributed by atoms with Gasteiger partial charge in [0.15, 0.2) is 0 Å². The SMILES string of the molecule is NCC1CCN(CC2COc3ccccc32)C1. The summed E-state index contributed by atoms with van der Waals surface area (Å²) in [5.74, 6) is 2.32. The molecule has 1 aromatic rings. The molecule has 0 bridgehead atoms. The zero-order valence-electron chi connectivity index (χ0n) is 10.1. The molecule has 2 N–H and O–H groups in total. The van der Waals surface area contributed by atoms with Crippen LogP contribution in [0.1, 0.15) is 17.9 Å². The first-order valence-corrected chi connectivity index (χ1v) is 6.51. The predicted molar refractivity (Wildman–Crippen MR) is 68.3 cm³/mol. The lowest BCUT2D eigenvalue weighted by Gasteiger charge is -2.19. The van der Waals surface area contributed by atoms with E-state index >= 15 is 0 Å². The molecule has 0 amide bonds. The molecule has 2 aliphatic rings. The van der Waals surface area contributed by atoms with Gasteiger partial charge in [-0.2, -0.15) is 0 Å². The number of rotatable bonds is 3. The topological polar surface area (TPSA) is 38.5 Å². The summed E-state index contributed by atoms with van der Waals surface area (Å²) in [5, 5.41) is 0. The average Bonchev–Trinajstić information content (AvgIpc) is 2.97. The van der Waals surface area contributed by atoms with Gasteiger partial charge in [-0.05, 0) is 31.5 Å². The number of hydrogen-bond acceptors (Lipinski definition) is 3. The van der Waals surface area contributed by atoms with Gasteiger partial charge in [0.05, 0.1) is 6.61 Å². The van der Waals surface area contributed by atoms with E-state index in [0.717, 1.165) is 32.0 Å². The molecule has 0 saturated carbocycles. The van der Waals surface area contributed by atoms with Crippen molar-refractivity contribution in [2.45, 2.75) is 12.3 Å². The van der Waals surface area contributed by atoms with Gasteiger partial charge in [-0.1, -0.05) is 18.2 Å². The summed E-state index contributed by atoms with van der Waals surface area (Å²) in [7, 11) is 0. The van der Waals surface area contributed by atoms with Gasteiger partial charge in [0, 0.05) is 24.6 Å². The van der Waals surface area contributed by atoms with Crippen LogP contribution >= 0.6 is 0 Å². The lowest BCUT2D eigenvalue weighted by molar-refractivity contribution is 0.262. The Labute approximate surface area is 103 Å². The Hall–Kier alpha value is -1.06. The molecule has 2 aliphatic heterocycles. The normalized spacial score (nSPS) is 28.1. The first-order valence-electron chi connectivity index (χ1n) is 6.51. The summed E-state index contributed by atoms with van der Waals surface area (Å²) < 4.78 is 5.72. The molecule has 17 heavy (non-hydrogen) atoms. The molecule has 92 valence electrons. The number of nitrogens with two attached hydrogens (primary N) is 1. The molecule has 2 unspecified atom stereocenters. The minimum atomic E-state index is 0.544. The second-order valence-electron chi connectivity index (χ2n) is 5.20. The smallest absolute Gasteiger partial charge is 0.122 e. The van der Waals surface area contributed by atoms with Gasteiger partial charge in [0.25, 0.3) is 0 Å². The minimum Gasteiger partial charge on any atom is -0.493 e. The van der Waals surface area contributed by atoms with Crippen LogP contribution < -0.4 is 10.5 Å². The Morgan fingerprint density at radius 2 is 2.24 bits per heavy atom. The van der Waals surface area contributed by atoms with Crippen molar-refractivity contribution in [1.29, 1.82) is 0 Å². The van der Waals surface area contributed by atoms with Gasteiger partial charge in [-0.25, -0.2) is 0 Å². The van der Waals surface area contributed by atoms with Crippen LogP contribution in [0.4, 0.5) is 0 Å². The van der Waals surface area contributed by atoms with Crippen LogP contribution in [0.3, 0.4) is 0 Å². The van der Waals surface area contributed by atoms with E-state index < -0.39 is 0 Å². The van der Waals surface area contributed by atoms with Crippen LogP contribution in [0.5, 0.6) is 5.75 Å². The molecule has 1 saturated heterocycles. The van der Waals surface area contributed by atoms with Crippen molar-refractivity contribution in [3.63, 3.8) is 0 Å². The fourth-order valence-corrected chi connectivity index (χ4v) is 2.96. The third kappa shape index (κ3) is 2.17. The summed E-state index contributed by atoms with van der Waals surface area (Å²) in [6.07, 6.45) is 1.26. The lowest BCUT2D eigenvalue weighted by Crippen LogP contribution is -2.28. The predicted octanol–water partition coefficient (Wildman–Crippen LogP) is 1.44. The first-order chi connectivity index (χ1) is 8.36. The second-order valence-corrected chi connectivity index (χ2v) is 5.20. The molecule has 1 aromatic carbocycles. The number of ether oxygens (including phenoxy) is 1. The van der Waals surface area contributed by atoms with Crippen LogP contribution in [-0.4, -0.2) is 37.7 Å². The van der Waals surface area contributed by atoms with E-state index in [1.54, 1.807) is 0 Å². The number of nitrogens with zero attached hydrogens (tertiary/aromatic N) is 1. The van der Waals surface area contributed by atoms with Crippen molar-refractivity contribution in [2.75, 3.05) is 32.8 Å². The molecule has 3 nitrogen and oxygen atoms in total. The Morgan fingerprint density at radius 3 is 3.06 bits per heavy atom. The minimum absolute atomic E-state index is 0.544. The molecule has 2 heterocycles. The van der Waals surface area contributed by atoms with Crippen LogP contribution in [0.15, 0.2) is 24.3 Å². The van der Waals surface area contributed by atoms with Gasteiger partial charge in [-0.15, -0.1) is 0 Å². The monoisotopic (exact) mass is 232 g/mol. The highest BCUT2D eigenvalue weighted by molar-refractivity contribution is 5.39. The highest BCUT2D eigenvalue weighted by atomic mass is 16.5. The van der Waals surface area contributed by atoms with Crippen LogP contribution in [-0.2, 0) is 0 Å². The van der Waals surface area contributed by atoms with E-state index in [-0.39, 0.29) is 0 Å². The van der Waals surface area contributed by atoms with Gasteiger partial charge in [-0.3, -0.25) is 0 Å². The third-order valence-corrected chi connectivity index (χ3v) is 3.98. The number of fused-ring (bicyclic) bond motifs is 1. The summed E-state index contributed by atoms with van der Waals surface area (Å²) in [5.41, 5.74) is 7.11. The van der Waals surface area contributed by atoms with Crippen LogP contribution in [0, 0.1) is 5.92 Å². The molecule has 0 aromatic heterocycles. The molecule has 0 radical (unpaired) electrons. The maximum atomic E-state index is 5.73. The zero-order chi connectivity index (χ0) is 11.7. The summed E-state index contributed by atoms with van der Waals surface area (Å²) in [6.45, 7) is 5.14. The molecular formula is C14H20N2O. The van der Waals surface area contributed by atoms with Crippen molar-refractivity contribution in [1.82, 2.24) is 4.90 Å². The van der Waals surface area contributed by atoms with E-state index in [0.29, 0.717) is 11.8 Å². The van der Waals surface area contributed by atoms with Crippen LogP contribution in [0.25, 0.3) is 0 Å². The quantitative estimate of drug-likeness (QED) is 0.857. The maximum Gasteiger partial charge on any atom is 0.122 e. The van der Waals surface area contributed by atoms with Crippen molar-refractivity contribution < 1.29 is 4.74 Å². The number of para-hydroxylation sites is 1. The number of benzene rings is 1. The van der Waals surface area contributed by atoms with E-state index in [2.05, 4.69) is 23.1 Å². The Kier molecular flexibility index (Phi) is 3.04. The summed E-state index contributed by atoms with van der Waals surface area (Å²) in [6, 6.07) is 8.42. The van der Waals surface area contributed by atoms with Gasteiger partial charge < -0.3 is 15.4 Å². The van der Waals surface area contributed by atoms with E-state index in [1.165, 1.54) is 18.5 Å². The Balaban J connectivity index is 1.64. The second kappa shape index (κ2) is 4.67. The standard InChI is InChI=1S/C14H20N2O/c15-7-11-5-6-16(8-11)9-12-10-17-14-4-2-1-3-13(12)14/h1-4,11-12H,5-10,15H2. The number of likely N-dealkylation sites (tertiary alicyclic amines) is 1. The Bertz CT molecular complexity index is 394. The largest absolute Gasteiger partial charge is 0.493 e. The average molecular weight is 232 g/mol. The van der Waals surface area contributed by atoms with Crippen molar-refractivity contribution in [3.8, 4) is 5.75 Å². The van der Waals surface area contributed by atoms with Crippen molar-refractivity contribution >= 4 is 0 Å². The first kappa shape index (κ1) is 11.1. The highest BCUT2D eigenvalue weighted by Crippen LogP contribution is 2.34. The lowest BCUT2D eigenvalue weighted by atomic mass is 10.0. The van der Waals surface area contributed by atoms with Crippen molar-refractivity contribution in [2.24, 2.45) is 11.7 Å². The molecule has 3 rings (SSSR count). The molecular weight excluding hydrogens is 212 g/mol. The van der Waals surface area contributed by atoms with Crippen LogP contribution in [0.2, 0.25) is 0 Å².